The highest BCUT2D eigenvalue weighted by molar-refractivity contribution is 9.10. The van der Waals surface area contributed by atoms with Gasteiger partial charge in [-0.2, -0.15) is 0 Å². The van der Waals surface area contributed by atoms with E-state index in [1.54, 1.807) is 18.5 Å². The molecule has 134 valence electrons. The van der Waals surface area contributed by atoms with E-state index in [-0.39, 0.29) is 5.91 Å². The zero-order valence-electron chi connectivity index (χ0n) is 14.1. The van der Waals surface area contributed by atoms with Crippen molar-refractivity contribution in [3.8, 4) is 0 Å². The number of rotatable bonds is 13. The van der Waals surface area contributed by atoms with Crippen LogP contribution in [0.5, 0.6) is 0 Å². The third-order valence-corrected chi connectivity index (χ3v) is 4.50. The van der Waals surface area contributed by atoms with Crippen LogP contribution in [0.15, 0.2) is 22.9 Å². The molecule has 1 amide bonds. The van der Waals surface area contributed by atoms with Crippen LogP contribution in [-0.2, 0) is 4.79 Å². The lowest BCUT2D eigenvalue weighted by atomic mass is 10.1. The summed E-state index contributed by atoms with van der Waals surface area (Å²) in [6, 6.07) is 1.70. The van der Waals surface area contributed by atoms with Crippen LogP contribution in [0.4, 0.5) is 0 Å². The number of nitrogens with one attached hydrogen (secondary N) is 1. The number of carbonyl (C=O) groups excluding carboxylic acids is 1. The van der Waals surface area contributed by atoms with E-state index in [1.165, 1.54) is 25.7 Å². The fourth-order valence-corrected chi connectivity index (χ4v) is 2.93. The van der Waals surface area contributed by atoms with Gasteiger partial charge in [0.1, 0.15) is 0 Å². The van der Waals surface area contributed by atoms with Gasteiger partial charge in [0.25, 0.3) is 5.91 Å². The van der Waals surface area contributed by atoms with Crippen molar-refractivity contribution in [1.82, 2.24) is 10.3 Å². The highest BCUT2D eigenvalue weighted by Gasteiger charge is 2.08. The Labute approximate surface area is 152 Å². The van der Waals surface area contributed by atoms with Gasteiger partial charge in [-0.1, -0.05) is 44.9 Å². The molecule has 0 fully saturated rings. The van der Waals surface area contributed by atoms with Crippen molar-refractivity contribution in [2.75, 3.05) is 6.54 Å². The van der Waals surface area contributed by atoms with Gasteiger partial charge in [-0.05, 0) is 34.8 Å². The highest BCUT2D eigenvalue weighted by Crippen LogP contribution is 2.14. The molecule has 1 aromatic rings. The largest absolute Gasteiger partial charge is 0.481 e. The molecule has 0 aliphatic carbocycles. The van der Waals surface area contributed by atoms with Crippen LogP contribution < -0.4 is 5.32 Å². The molecule has 1 aromatic heterocycles. The van der Waals surface area contributed by atoms with Crippen molar-refractivity contribution in [3.05, 3.63) is 28.5 Å². The normalized spacial score (nSPS) is 10.5. The number of hydrogen-bond donors (Lipinski definition) is 2. The van der Waals surface area contributed by atoms with E-state index in [1.807, 2.05) is 0 Å². The second kappa shape index (κ2) is 12.9. The number of carboxylic acid groups (broad SMARTS) is 1. The molecule has 0 aliphatic heterocycles. The molecular formula is C18H27BrN2O3. The highest BCUT2D eigenvalue weighted by atomic mass is 79.9. The van der Waals surface area contributed by atoms with Gasteiger partial charge in [-0.25, -0.2) is 0 Å². The van der Waals surface area contributed by atoms with E-state index in [2.05, 4.69) is 26.2 Å². The number of halogens is 1. The predicted molar refractivity (Wildman–Crippen MR) is 98.1 cm³/mol. The Bertz CT molecular complexity index is 509. The third-order valence-electron chi connectivity index (χ3n) is 3.87. The topological polar surface area (TPSA) is 79.3 Å². The zero-order valence-corrected chi connectivity index (χ0v) is 15.7. The maximum absolute atomic E-state index is 12.0. The number of nitrogens with zero attached hydrogens (tertiary/aromatic N) is 1. The van der Waals surface area contributed by atoms with Crippen LogP contribution in [0.3, 0.4) is 0 Å². The summed E-state index contributed by atoms with van der Waals surface area (Å²) in [5.41, 5.74) is 0.618. The molecule has 6 heteroatoms. The Morgan fingerprint density at radius 2 is 1.58 bits per heavy atom. The summed E-state index contributed by atoms with van der Waals surface area (Å²) in [5.74, 6) is -0.760. The van der Waals surface area contributed by atoms with Gasteiger partial charge in [-0.3, -0.25) is 14.6 Å². The van der Waals surface area contributed by atoms with E-state index in [0.717, 1.165) is 32.1 Å². The molecule has 0 atom stereocenters. The standard InChI is InChI=1S/C18H27BrN2O3/c19-16-14-20-13-11-15(16)18(24)21-12-9-7-5-3-1-2-4-6-8-10-17(22)23/h11,13-14H,1-10,12H2,(H,21,24)(H,22,23). The van der Waals surface area contributed by atoms with Gasteiger partial charge in [0, 0.05) is 29.8 Å². The van der Waals surface area contributed by atoms with E-state index in [9.17, 15) is 9.59 Å². The summed E-state index contributed by atoms with van der Waals surface area (Å²) in [6.07, 6.45) is 13.4. The zero-order chi connectivity index (χ0) is 17.6. The summed E-state index contributed by atoms with van der Waals surface area (Å²) in [6.45, 7) is 0.697. The van der Waals surface area contributed by atoms with E-state index < -0.39 is 5.97 Å². The van der Waals surface area contributed by atoms with Crippen LogP contribution in [0.1, 0.15) is 74.6 Å². The second-order valence-electron chi connectivity index (χ2n) is 5.94. The van der Waals surface area contributed by atoms with Gasteiger partial charge in [0.05, 0.1) is 5.56 Å². The van der Waals surface area contributed by atoms with Crippen molar-refractivity contribution in [1.29, 1.82) is 0 Å². The lowest BCUT2D eigenvalue weighted by molar-refractivity contribution is -0.137. The molecule has 0 bridgehead atoms. The van der Waals surface area contributed by atoms with Gasteiger partial charge >= 0.3 is 5.97 Å². The first-order valence-electron chi connectivity index (χ1n) is 8.71. The Morgan fingerprint density at radius 1 is 1.00 bits per heavy atom. The minimum atomic E-state index is -0.696. The maximum Gasteiger partial charge on any atom is 0.303 e. The molecule has 0 aromatic carbocycles. The number of aromatic nitrogens is 1. The maximum atomic E-state index is 12.0. The van der Waals surface area contributed by atoms with Crippen LogP contribution in [-0.4, -0.2) is 28.5 Å². The van der Waals surface area contributed by atoms with Crippen molar-refractivity contribution >= 4 is 27.8 Å². The monoisotopic (exact) mass is 398 g/mol. The first-order valence-corrected chi connectivity index (χ1v) is 9.50. The third kappa shape index (κ3) is 9.65. The minimum Gasteiger partial charge on any atom is -0.481 e. The molecule has 0 saturated carbocycles. The molecule has 2 N–H and O–H groups in total. The first kappa shape index (κ1) is 20.6. The van der Waals surface area contributed by atoms with E-state index in [4.69, 9.17) is 5.11 Å². The van der Waals surface area contributed by atoms with Crippen molar-refractivity contribution in [2.45, 2.75) is 64.2 Å². The number of pyridine rings is 1. The number of aliphatic carboxylic acids is 1. The SMILES string of the molecule is O=C(O)CCCCCCCCCCCNC(=O)c1ccncc1Br. The van der Waals surface area contributed by atoms with Crippen LogP contribution in [0.2, 0.25) is 0 Å². The first-order chi connectivity index (χ1) is 11.6. The van der Waals surface area contributed by atoms with Crippen LogP contribution >= 0.6 is 15.9 Å². The van der Waals surface area contributed by atoms with Crippen molar-refractivity contribution in [2.24, 2.45) is 0 Å². The van der Waals surface area contributed by atoms with Crippen LogP contribution in [0.25, 0.3) is 0 Å². The van der Waals surface area contributed by atoms with E-state index in [0.29, 0.717) is 23.0 Å². The number of unbranched alkanes of at least 4 members (excludes halogenated alkanes) is 8. The summed E-state index contributed by atoms with van der Waals surface area (Å²) < 4.78 is 0.714. The Kier molecular flexibility index (Phi) is 11.1. The predicted octanol–water partition coefficient (Wildman–Crippen LogP) is 4.56. The summed E-state index contributed by atoms with van der Waals surface area (Å²) >= 11 is 3.33. The average molecular weight is 399 g/mol. The number of hydrogen-bond acceptors (Lipinski definition) is 3. The Balaban J connectivity index is 1.91. The smallest absolute Gasteiger partial charge is 0.303 e. The minimum absolute atomic E-state index is 0.0642. The molecule has 0 saturated heterocycles. The molecule has 0 radical (unpaired) electrons. The van der Waals surface area contributed by atoms with Gasteiger partial charge in [0.15, 0.2) is 0 Å². The lowest BCUT2D eigenvalue weighted by Gasteiger charge is -2.06. The number of amides is 1. The molecule has 0 aliphatic rings. The Hall–Kier alpha value is -1.43. The molecule has 0 unspecified atom stereocenters. The van der Waals surface area contributed by atoms with Crippen molar-refractivity contribution < 1.29 is 14.7 Å². The fourth-order valence-electron chi connectivity index (χ4n) is 2.50. The summed E-state index contributed by atoms with van der Waals surface area (Å²) in [4.78, 5) is 26.3. The van der Waals surface area contributed by atoms with Crippen LogP contribution in [0, 0.1) is 0 Å². The molecule has 1 rings (SSSR count). The molecule has 0 spiro atoms. The summed E-state index contributed by atoms with van der Waals surface area (Å²) in [5, 5.41) is 11.5. The second-order valence-corrected chi connectivity index (χ2v) is 6.79. The Morgan fingerprint density at radius 3 is 2.17 bits per heavy atom. The fraction of sp³-hybridized carbons (Fsp3) is 0.611. The lowest BCUT2D eigenvalue weighted by Crippen LogP contribution is -2.24. The molecule has 24 heavy (non-hydrogen) atoms. The molecule has 1 heterocycles. The average Bonchev–Trinajstić information content (AvgIpc) is 2.55. The number of carboxylic acids is 1. The number of carbonyl (C=O) groups is 2. The van der Waals surface area contributed by atoms with Gasteiger partial charge < -0.3 is 10.4 Å². The summed E-state index contributed by atoms with van der Waals surface area (Å²) in [7, 11) is 0. The van der Waals surface area contributed by atoms with E-state index >= 15 is 0 Å². The van der Waals surface area contributed by atoms with Gasteiger partial charge in [-0.15, -0.1) is 0 Å². The van der Waals surface area contributed by atoms with Crippen molar-refractivity contribution in [3.63, 3.8) is 0 Å². The quantitative estimate of drug-likeness (QED) is 0.477. The molecular weight excluding hydrogens is 372 g/mol. The van der Waals surface area contributed by atoms with Gasteiger partial charge in [0.2, 0.25) is 0 Å². The molecule has 5 nitrogen and oxygen atoms in total.